The van der Waals surface area contributed by atoms with Crippen molar-refractivity contribution in [3.05, 3.63) is 70.6 Å². The van der Waals surface area contributed by atoms with Gasteiger partial charge < -0.3 is 25.7 Å². The van der Waals surface area contributed by atoms with Gasteiger partial charge in [-0.3, -0.25) is 9.69 Å². The summed E-state index contributed by atoms with van der Waals surface area (Å²) in [4.78, 5) is 31.5. The minimum absolute atomic E-state index is 0.293. The Hall–Kier alpha value is -4.17. The first-order valence-corrected chi connectivity index (χ1v) is 13.3. The van der Waals surface area contributed by atoms with Crippen LogP contribution in [0.4, 0.5) is 17.6 Å². The number of halogens is 1. The smallest absolute Gasteiger partial charge is 0.237 e. The molecule has 0 radical (unpaired) electrons. The fraction of sp³-hybridized carbons (Fsp3) is 0.333. The maximum atomic E-state index is 13.2. The van der Waals surface area contributed by atoms with Crippen molar-refractivity contribution >= 4 is 35.1 Å². The second-order valence-corrected chi connectivity index (χ2v) is 10.3. The van der Waals surface area contributed by atoms with E-state index in [0.29, 0.717) is 51.7 Å². The lowest BCUT2D eigenvalue weighted by atomic mass is 10.0. The molecule has 14 heteroatoms. The molecule has 4 aromatic rings. The van der Waals surface area contributed by atoms with E-state index in [1.54, 1.807) is 31.1 Å². The molecule has 4 N–H and O–H groups in total. The second kappa shape index (κ2) is 11.7. The molecule has 0 spiro atoms. The Labute approximate surface area is 241 Å². The lowest BCUT2D eigenvalue weighted by Gasteiger charge is -2.28. The minimum atomic E-state index is -1.04. The lowest BCUT2D eigenvalue weighted by Crippen LogP contribution is -2.46. The van der Waals surface area contributed by atoms with Crippen LogP contribution in [0.15, 0.2) is 48.8 Å². The first-order chi connectivity index (χ1) is 19.6. The normalized spacial score (nSPS) is 16.2. The van der Waals surface area contributed by atoms with Crippen LogP contribution >= 0.6 is 11.6 Å². The van der Waals surface area contributed by atoms with E-state index in [2.05, 4.69) is 35.8 Å². The van der Waals surface area contributed by atoms with E-state index >= 15 is 0 Å². The Morgan fingerprint density at radius 1 is 1.22 bits per heavy atom. The van der Waals surface area contributed by atoms with Gasteiger partial charge in [0.1, 0.15) is 12.0 Å². The summed E-state index contributed by atoms with van der Waals surface area (Å²) in [6.45, 7) is 1.76. The van der Waals surface area contributed by atoms with E-state index < -0.39 is 18.3 Å². The van der Waals surface area contributed by atoms with Gasteiger partial charge in [0.25, 0.3) is 0 Å². The Bertz CT molecular complexity index is 1560. The summed E-state index contributed by atoms with van der Waals surface area (Å²) >= 11 is 6.45. The second-order valence-electron chi connectivity index (χ2n) is 9.93. The number of anilines is 3. The number of amides is 1. The first-order valence-electron chi connectivity index (χ1n) is 12.9. The van der Waals surface area contributed by atoms with Crippen LogP contribution in [0.1, 0.15) is 36.0 Å². The first kappa shape index (κ1) is 28.4. The average molecular weight is 579 g/mol. The molecule has 0 fully saturated rings. The van der Waals surface area contributed by atoms with E-state index in [1.165, 1.54) is 11.0 Å². The summed E-state index contributed by atoms with van der Waals surface area (Å²) in [5, 5.41) is 35.6. The number of nitrogens with zero attached hydrogens (tertiary/aromatic N) is 8. The van der Waals surface area contributed by atoms with Gasteiger partial charge in [0.15, 0.2) is 5.82 Å². The highest BCUT2D eigenvalue weighted by Gasteiger charge is 2.36. The third-order valence-corrected chi connectivity index (χ3v) is 7.17. The van der Waals surface area contributed by atoms with Crippen LogP contribution in [0.25, 0.3) is 11.3 Å². The summed E-state index contributed by atoms with van der Waals surface area (Å²) in [5.74, 6) is 1.15. The average Bonchev–Trinajstić information content (AvgIpc) is 3.53. The predicted octanol–water partition coefficient (Wildman–Crippen LogP) is 2.17. The molecule has 3 aromatic heterocycles. The number of aliphatic hydroxyl groups is 2. The Morgan fingerprint density at radius 3 is 2.73 bits per heavy atom. The van der Waals surface area contributed by atoms with Gasteiger partial charge in [-0.2, -0.15) is 9.90 Å². The van der Waals surface area contributed by atoms with Crippen LogP contribution in [-0.4, -0.2) is 77.7 Å². The molecule has 214 valence electrons. The number of hydrogen-bond donors (Lipinski definition) is 4. The molecule has 1 aliphatic heterocycles. The fourth-order valence-corrected chi connectivity index (χ4v) is 4.82. The minimum Gasteiger partial charge on any atom is -0.394 e. The zero-order chi connectivity index (χ0) is 29.3. The SMILES string of the molecule is C[C@H](C(=O)N[C@H](CO)c1cccc(N(C)C)n1)N1Cc2ccc(-c3nc(Nc4cnn(C)n4)ncc3Cl)cc2C1O. The van der Waals surface area contributed by atoms with E-state index in [0.717, 1.165) is 5.56 Å². The van der Waals surface area contributed by atoms with Gasteiger partial charge in [-0.05, 0) is 30.7 Å². The summed E-state index contributed by atoms with van der Waals surface area (Å²) < 4.78 is 0. The Kier molecular flexibility index (Phi) is 8.13. The van der Waals surface area contributed by atoms with Crippen molar-refractivity contribution in [1.82, 2.24) is 40.2 Å². The number of rotatable bonds is 9. The van der Waals surface area contributed by atoms with Crippen molar-refractivity contribution in [3.8, 4) is 11.3 Å². The molecule has 0 saturated heterocycles. The molecule has 1 aliphatic rings. The molecule has 41 heavy (non-hydrogen) atoms. The van der Waals surface area contributed by atoms with Gasteiger partial charge in [-0.1, -0.05) is 29.8 Å². The molecule has 5 rings (SSSR count). The highest BCUT2D eigenvalue weighted by atomic mass is 35.5. The third kappa shape index (κ3) is 5.98. The van der Waals surface area contributed by atoms with Crippen molar-refractivity contribution in [1.29, 1.82) is 0 Å². The number of aryl methyl sites for hydroxylation is 1. The number of hydrogen-bond acceptors (Lipinski definition) is 11. The van der Waals surface area contributed by atoms with E-state index in [1.807, 2.05) is 49.3 Å². The summed E-state index contributed by atoms with van der Waals surface area (Å²) in [5.41, 5.74) is 3.24. The van der Waals surface area contributed by atoms with Gasteiger partial charge in [-0.15, -0.1) is 5.10 Å². The molecule has 0 bridgehead atoms. The third-order valence-electron chi connectivity index (χ3n) is 6.90. The summed E-state index contributed by atoms with van der Waals surface area (Å²) in [6, 6.07) is 9.61. The Balaban J connectivity index is 1.32. The number of carbonyl (C=O) groups excluding carboxylic acids is 1. The molecule has 0 saturated carbocycles. The van der Waals surface area contributed by atoms with Gasteiger partial charge in [0, 0.05) is 38.8 Å². The summed E-state index contributed by atoms with van der Waals surface area (Å²) in [7, 11) is 5.44. The van der Waals surface area contributed by atoms with Gasteiger partial charge in [-0.25, -0.2) is 15.0 Å². The molecule has 1 aromatic carbocycles. The van der Waals surface area contributed by atoms with Crippen LogP contribution in [0.3, 0.4) is 0 Å². The maximum Gasteiger partial charge on any atom is 0.237 e. The van der Waals surface area contributed by atoms with Crippen LogP contribution in [0, 0.1) is 0 Å². The van der Waals surface area contributed by atoms with E-state index in [4.69, 9.17) is 11.6 Å². The Morgan fingerprint density at radius 2 is 2.02 bits per heavy atom. The molecule has 0 aliphatic carbocycles. The number of carbonyl (C=O) groups is 1. The van der Waals surface area contributed by atoms with Crippen LogP contribution in [0.2, 0.25) is 5.02 Å². The number of nitrogens with one attached hydrogen (secondary N) is 2. The molecule has 1 amide bonds. The topological polar surface area (TPSA) is 157 Å². The predicted molar refractivity (Wildman–Crippen MR) is 153 cm³/mol. The van der Waals surface area contributed by atoms with Crippen molar-refractivity contribution in [2.45, 2.75) is 31.8 Å². The van der Waals surface area contributed by atoms with Crippen LogP contribution < -0.4 is 15.5 Å². The molecule has 1 unspecified atom stereocenters. The van der Waals surface area contributed by atoms with E-state index in [-0.39, 0.29) is 12.5 Å². The summed E-state index contributed by atoms with van der Waals surface area (Å²) in [6.07, 6.45) is 2.01. The van der Waals surface area contributed by atoms with Crippen molar-refractivity contribution in [3.63, 3.8) is 0 Å². The quantitative estimate of drug-likeness (QED) is 0.231. The van der Waals surface area contributed by atoms with Crippen molar-refractivity contribution < 1.29 is 15.0 Å². The number of aromatic nitrogens is 6. The molecule has 4 heterocycles. The lowest BCUT2D eigenvalue weighted by molar-refractivity contribution is -0.131. The monoisotopic (exact) mass is 578 g/mol. The van der Waals surface area contributed by atoms with Crippen molar-refractivity contribution in [2.24, 2.45) is 7.05 Å². The zero-order valence-corrected chi connectivity index (χ0v) is 23.8. The standard InChI is InChI=1S/C27H31ClN10O3/c1-15(25(40)32-21(14-39)20-6-5-7-23(31-20)36(2)3)38-13-17-9-8-16(10-18(17)26(38)41)24-19(28)11-29-27(34-24)33-22-12-30-37(4)35-22/h5-12,15,21,26,39,41H,13-14H2,1-4H3,(H,32,40)(H,29,33,34,35)/t15-,21-,26?/m1/s1. The molecule has 13 nitrogen and oxygen atoms in total. The fourth-order valence-electron chi connectivity index (χ4n) is 4.62. The highest BCUT2D eigenvalue weighted by molar-refractivity contribution is 6.32. The highest BCUT2D eigenvalue weighted by Crippen LogP contribution is 2.37. The van der Waals surface area contributed by atoms with Crippen LogP contribution in [-0.2, 0) is 18.4 Å². The number of pyridine rings is 1. The molecular weight excluding hydrogens is 548 g/mol. The number of aliphatic hydroxyl groups excluding tert-OH is 2. The van der Waals surface area contributed by atoms with Gasteiger partial charge in [0.2, 0.25) is 11.9 Å². The largest absolute Gasteiger partial charge is 0.394 e. The van der Waals surface area contributed by atoms with Gasteiger partial charge >= 0.3 is 0 Å². The molecular formula is C27H31ClN10O3. The van der Waals surface area contributed by atoms with E-state index in [9.17, 15) is 15.0 Å². The van der Waals surface area contributed by atoms with Crippen molar-refractivity contribution in [2.75, 3.05) is 30.9 Å². The maximum absolute atomic E-state index is 13.2. The number of fused-ring (bicyclic) bond motifs is 1. The van der Waals surface area contributed by atoms with Crippen LogP contribution in [0.5, 0.6) is 0 Å². The molecule has 3 atom stereocenters. The zero-order valence-electron chi connectivity index (χ0n) is 23.0. The van der Waals surface area contributed by atoms with Gasteiger partial charge in [0.05, 0.1) is 47.5 Å². The number of benzene rings is 1.